The Morgan fingerprint density at radius 2 is 1.89 bits per heavy atom. The van der Waals surface area contributed by atoms with Crippen LogP contribution >= 0.6 is 24.0 Å². The number of methoxy groups -OCH3 is 1. The minimum atomic E-state index is -4.09. The summed E-state index contributed by atoms with van der Waals surface area (Å²) in [5, 5.41) is 6.17. The van der Waals surface area contributed by atoms with Crippen LogP contribution in [0.4, 0.5) is 13.2 Å². The van der Waals surface area contributed by atoms with Gasteiger partial charge < -0.3 is 20.1 Å². The molecule has 0 aliphatic rings. The third kappa shape index (κ3) is 12.0. The largest absolute Gasteiger partial charge is 0.491 e. The van der Waals surface area contributed by atoms with Crippen LogP contribution in [0.3, 0.4) is 0 Å². The van der Waals surface area contributed by atoms with Crippen LogP contribution in [0.2, 0.25) is 0 Å². The molecule has 0 heterocycles. The van der Waals surface area contributed by atoms with E-state index in [0.717, 1.165) is 16.9 Å². The molecule has 0 bridgehead atoms. The Morgan fingerprint density at radius 1 is 1.15 bits per heavy atom. The molecular weight excluding hydrogens is 474 g/mol. The van der Waals surface area contributed by atoms with Crippen molar-refractivity contribution in [3.8, 4) is 5.75 Å². The SMILES string of the molecule is CN=C(NCCCCC(F)(F)F)NCc1ccc(C)cc1OCCOC.I. The fraction of sp³-hybridized carbons (Fsp3) is 0.611. The maximum absolute atomic E-state index is 12.1. The van der Waals surface area contributed by atoms with Gasteiger partial charge in [-0.3, -0.25) is 4.99 Å². The number of alkyl halides is 3. The molecule has 156 valence electrons. The van der Waals surface area contributed by atoms with Gasteiger partial charge in [-0.1, -0.05) is 12.1 Å². The zero-order valence-corrected chi connectivity index (χ0v) is 18.3. The molecule has 0 amide bonds. The third-order valence-corrected chi connectivity index (χ3v) is 3.62. The molecule has 9 heteroatoms. The summed E-state index contributed by atoms with van der Waals surface area (Å²) < 4.78 is 47.1. The third-order valence-electron chi connectivity index (χ3n) is 3.62. The first-order valence-electron chi connectivity index (χ1n) is 8.58. The fourth-order valence-electron chi connectivity index (χ4n) is 2.23. The van der Waals surface area contributed by atoms with Crippen molar-refractivity contribution in [2.75, 3.05) is 33.9 Å². The molecule has 0 spiro atoms. The van der Waals surface area contributed by atoms with Crippen molar-refractivity contribution in [3.63, 3.8) is 0 Å². The molecule has 0 aromatic heterocycles. The normalized spacial score (nSPS) is 11.7. The molecule has 27 heavy (non-hydrogen) atoms. The van der Waals surface area contributed by atoms with Crippen molar-refractivity contribution in [1.29, 1.82) is 0 Å². The van der Waals surface area contributed by atoms with Gasteiger partial charge in [0.15, 0.2) is 5.96 Å². The molecule has 5 nitrogen and oxygen atoms in total. The number of aliphatic imine (C=N–C) groups is 1. The average molecular weight is 503 g/mol. The Hall–Kier alpha value is -1.23. The molecule has 0 aliphatic carbocycles. The molecule has 2 N–H and O–H groups in total. The highest BCUT2D eigenvalue weighted by molar-refractivity contribution is 14.0. The predicted octanol–water partition coefficient (Wildman–Crippen LogP) is 4.04. The number of aryl methyl sites for hydroxylation is 1. The zero-order chi connectivity index (χ0) is 19.4. The van der Waals surface area contributed by atoms with Gasteiger partial charge >= 0.3 is 6.18 Å². The highest BCUT2D eigenvalue weighted by Gasteiger charge is 2.25. The number of halogens is 4. The number of hydrogen-bond donors (Lipinski definition) is 2. The van der Waals surface area contributed by atoms with Crippen LogP contribution in [0.15, 0.2) is 23.2 Å². The minimum absolute atomic E-state index is 0. The lowest BCUT2D eigenvalue weighted by atomic mass is 10.1. The standard InChI is InChI=1S/C18H28F3N3O2.HI/c1-14-6-7-15(16(12-14)26-11-10-25-3)13-24-17(22-2)23-9-5-4-8-18(19,20)21;/h6-7,12H,4-5,8-11,13H2,1-3H3,(H2,22,23,24);1H. The van der Waals surface area contributed by atoms with Crippen LogP contribution in [-0.2, 0) is 11.3 Å². The Labute approximate surface area is 176 Å². The van der Waals surface area contributed by atoms with Crippen LogP contribution < -0.4 is 15.4 Å². The number of nitrogens with one attached hydrogen (secondary N) is 2. The van der Waals surface area contributed by atoms with Crippen molar-refractivity contribution >= 4 is 29.9 Å². The number of guanidine groups is 1. The minimum Gasteiger partial charge on any atom is -0.491 e. The van der Waals surface area contributed by atoms with Crippen molar-refractivity contribution in [1.82, 2.24) is 10.6 Å². The smallest absolute Gasteiger partial charge is 0.389 e. The van der Waals surface area contributed by atoms with Gasteiger partial charge in [0.25, 0.3) is 0 Å². The Bertz CT molecular complexity index is 569. The van der Waals surface area contributed by atoms with Crippen molar-refractivity contribution in [2.45, 2.75) is 38.9 Å². The molecule has 0 saturated carbocycles. The Morgan fingerprint density at radius 3 is 2.52 bits per heavy atom. The highest BCUT2D eigenvalue weighted by Crippen LogP contribution is 2.22. The van der Waals surface area contributed by atoms with E-state index in [2.05, 4.69) is 15.6 Å². The Balaban J connectivity index is 0.00000676. The predicted molar refractivity (Wildman–Crippen MR) is 112 cm³/mol. The number of unbranched alkanes of at least 4 members (excludes halogenated alkanes) is 1. The molecule has 1 aromatic carbocycles. The monoisotopic (exact) mass is 503 g/mol. The van der Waals surface area contributed by atoms with E-state index in [-0.39, 0.29) is 30.4 Å². The van der Waals surface area contributed by atoms with Gasteiger partial charge in [-0.05, 0) is 31.4 Å². The molecular formula is C18H29F3IN3O2. The first-order valence-corrected chi connectivity index (χ1v) is 8.58. The summed E-state index contributed by atoms with van der Waals surface area (Å²) in [5.41, 5.74) is 2.06. The number of nitrogens with zero attached hydrogens (tertiary/aromatic N) is 1. The van der Waals surface area contributed by atoms with Crippen LogP contribution in [0.5, 0.6) is 5.75 Å². The van der Waals surface area contributed by atoms with Gasteiger partial charge in [-0.25, -0.2) is 0 Å². The van der Waals surface area contributed by atoms with Crippen LogP contribution in [0.25, 0.3) is 0 Å². The quantitative estimate of drug-likeness (QED) is 0.219. The molecule has 0 atom stereocenters. The van der Waals surface area contributed by atoms with Crippen molar-refractivity contribution in [2.24, 2.45) is 4.99 Å². The molecule has 0 fully saturated rings. The van der Waals surface area contributed by atoms with Crippen molar-refractivity contribution in [3.05, 3.63) is 29.3 Å². The van der Waals surface area contributed by atoms with Crippen molar-refractivity contribution < 1.29 is 22.6 Å². The molecule has 0 unspecified atom stereocenters. The summed E-state index contributed by atoms with van der Waals surface area (Å²) in [5.74, 6) is 1.32. The summed E-state index contributed by atoms with van der Waals surface area (Å²) >= 11 is 0. The summed E-state index contributed by atoms with van der Waals surface area (Å²) in [4.78, 5) is 4.08. The lowest BCUT2D eigenvalue weighted by molar-refractivity contribution is -0.135. The van der Waals surface area contributed by atoms with Gasteiger partial charge in [0, 0.05) is 39.2 Å². The van der Waals surface area contributed by atoms with E-state index >= 15 is 0 Å². The zero-order valence-electron chi connectivity index (χ0n) is 16.0. The van der Waals surface area contributed by atoms with E-state index in [0.29, 0.717) is 38.7 Å². The molecule has 0 radical (unpaired) electrons. The lowest BCUT2D eigenvalue weighted by Gasteiger charge is -2.15. The summed E-state index contributed by atoms with van der Waals surface area (Å²) in [6.45, 7) is 3.87. The van der Waals surface area contributed by atoms with Gasteiger partial charge in [0.05, 0.1) is 6.61 Å². The van der Waals surface area contributed by atoms with E-state index in [1.54, 1.807) is 14.2 Å². The fourth-order valence-corrected chi connectivity index (χ4v) is 2.23. The van der Waals surface area contributed by atoms with Gasteiger partial charge in [-0.2, -0.15) is 13.2 Å². The number of benzene rings is 1. The van der Waals surface area contributed by atoms with E-state index in [1.807, 2.05) is 25.1 Å². The summed E-state index contributed by atoms with van der Waals surface area (Å²) in [6, 6.07) is 5.93. The first-order chi connectivity index (χ1) is 12.4. The number of rotatable bonds is 10. The molecule has 0 aliphatic heterocycles. The molecule has 0 saturated heterocycles. The highest BCUT2D eigenvalue weighted by atomic mass is 127. The van der Waals surface area contributed by atoms with E-state index in [4.69, 9.17) is 9.47 Å². The Kier molecular flexibility index (Phi) is 13.2. The summed E-state index contributed by atoms with van der Waals surface area (Å²) in [7, 11) is 3.24. The number of hydrogen-bond acceptors (Lipinski definition) is 3. The van der Waals surface area contributed by atoms with Gasteiger partial charge in [0.1, 0.15) is 12.4 Å². The van der Waals surface area contributed by atoms with Gasteiger partial charge in [-0.15, -0.1) is 24.0 Å². The molecule has 1 aromatic rings. The maximum Gasteiger partial charge on any atom is 0.389 e. The summed E-state index contributed by atoms with van der Waals surface area (Å²) in [6.07, 6.45) is -4.32. The van der Waals surface area contributed by atoms with Gasteiger partial charge in [0.2, 0.25) is 0 Å². The van der Waals surface area contributed by atoms with Crippen LogP contribution in [0.1, 0.15) is 30.4 Å². The van der Waals surface area contributed by atoms with E-state index < -0.39 is 12.6 Å². The number of ether oxygens (including phenoxy) is 2. The van der Waals surface area contributed by atoms with Crippen LogP contribution in [-0.4, -0.2) is 46.1 Å². The maximum atomic E-state index is 12.1. The van der Waals surface area contributed by atoms with Crippen LogP contribution in [0, 0.1) is 6.92 Å². The molecule has 1 rings (SSSR count). The topological polar surface area (TPSA) is 54.9 Å². The average Bonchev–Trinajstić information content (AvgIpc) is 2.58. The van der Waals surface area contributed by atoms with E-state index in [1.165, 1.54) is 0 Å². The second-order valence-corrected chi connectivity index (χ2v) is 5.88. The first kappa shape index (κ1) is 25.8. The van der Waals surface area contributed by atoms with E-state index in [9.17, 15) is 13.2 Å². The lowest BCUT2D eigenvalue weighted by Crippen LogP contribution is -2.37. The second-order valence-electron chi connectivity index (χ2n) is 5.88. The second kappa shape index (κ2) is 13.9.